The smallest absolute Gasteiger partial charge is 0.169 e. The molecule has 0 fully saturated rings. The molecule has 0 unspecified atom stereocenters. The predicted octanol–water partition coefficient (Wildman–Crippen LogP) is -1.06. The molecule has 5 heteroatoms. The van der Waals surface area contributed by atoms with Gasteiger partial charge >= 0.3 is 0 Å². The number of ether oxygens (including phenoxy) is 2. The molecule has 0 aliphatic carbocycles. The Hall–Kier alpha value is -0.200. The second kappa shape index (κ2) is 8.40. The number of nitrogens with one attached hydrogen (secondary N) is 1. The van der Waals surface area contributed by atoms with Gasteiger partial charge in [-0.1, -0.05) is 0 Å². The first-order valence-corrected chi connectivity index (χ1v) is 4.29. The van der Waals surface area contributed by atoms with E-state index in [1.54, 1.807) is 14.2 Å². The van der Waals surface area contributed by atoms with Crippen LogP contribution in [0.5, 0.6) is 0 Å². The second-order valence-corrected chi connectivity index (χ2v) is 2.73. The first-order chi connectivity index (χ1) is 6.24. The minimum atomic E-state index is -0.643. The Kier molecular flexibility index (Phi) is 8.27. The molecule has 5 nitrogen and oxygen atoms in total. The van der Waals surface area contributed by atoms with Gasteiger partial charge in [-0.25, -0.2) is 0 Å². The van der Waals surface area contributed by atoms with Crippen molar-refractivity contribution < 1.29 is 19.7 Å². The maximum absolute atomic E-state index is 8.99. The number of aliphatic hydroxyl groups excluding tert-OH is 2. The van der Waals surface area contributed by atoms with Crippen molar-refractivity contribution in [2.24, 2.45) is 0 Å². The van der Waals surface area contributed by atoms with Crippen LogP contribution < -0.4 is 5.32 Å². The monoisotopic (exact) mass is 193 g/mol. The van der Waals surface area contributed by atoms with Crippen LogP contribution in [0.4, 0.5) is 0 Å². The van der Waals surface area contributed by atoms with Crippen molar-refractivity contribution in [2.75, 3.05) is 33.9 Å². The average Bonchev–Trinajstić information content (AvgIpc) is 2.18. The van der Waals surface area contributed by atoms with E-state index in [0.717, 1.165) is 0 Å². The summed E-state index contributed by atoms with van der Waals surface area (Å²) < 4.78 is 9.87. The number of methoxy groups -OCH3 is 2. The molecule has 0 aliphatic heterocycles. The van der Waals surface area contributed by atoms with Crippen LogP contribution >= 0.6 is 0 Å². The highest BCUT2D eigenvalue weighted by atomic mass is 16.7. The fraction of sp³-hybridized carbons (Fsp3) is 1.00. The highest BCUT2D eigenvalue weighted by Crippen LogP contribution is 1.90. The Morgan fingerprint density at radius 2 is 1.92 bits per heavy atom. The largest absolute Gasteiger partial charge is 0.394 e. The van der Waals surface area contributed by atoms with Crippen molar-refractivity contribution in [3.63, 3.8) is 0 Å². The Balaban J connectivity index is 3.23. The van der Waals surface area contributed by atoms with Crippen LogP contribution in [0.1, 0.15) is 6.42 Å². The molecule has 0 aromatic rings. The van der Waals surface area contributed by atoms with E-state index >= 15 is 0 Å². The van der Waals surface area contributed by atoms with Gasteiger partial charge in [-0.05, 0) is 13.0 Å². The van der Waals surface area contributed by atoms with Gasteiger partial charge in [-0.15, -0.1) is 0 Å². The van der Waals surface area contributed by atoms with Crippen LogP contribution in [0, 0.1) is 0 Å². The van der Waals surface area contributed by atoms with Gasteiger partial charge in [0.25, 0.3) is 0 Å². The number of rotatable bonds is 8. The van der Waals surface area contributed by atoms with E-state index in [0.29, 0.717) is 19.5 Å². The van der Waals surface area contributed by atoms with E-state index in [2.05, 4.69) is 5.32 Å². The fourth-order valence-corrected chi connectivity index (χ4v) is 0.843. The van der Waals surface area contributed by atoms with Gasteiger partial charge in [-0.2, -0.15) is 0 Å². The lowest BCUT2D eigenvalue weighted by Crippen LogP contribution is -2.32. The maximum atomic E-state index is 8.99. The summed E-state index contributed by atoms with van der Waals surface area (Å²) in [4.78, 5) is 0. The Morgan fingerprint density at radius 3 is 2.38 bits per heavy atom. The molecule has 0 aromatic heterocycles. The van der Waals surface area contributed by atoms with Gasteiger partial charge in [0.15, 0.2) is 6.29 Å². The van der Waals surface area contributed by atoms with Gasteiger partial charge < -0.3 is 25.0 Å². The van der Waals surface area contributed by atoms with Crippen molar-refractivity contribution in [2.45, 2.75) is 18.8 Å². The molecule has 0 aromatic carbocycles. The van der Waals surface area contributed by atoms with Gasteiger partial charge in [0, 0.05) is 20.8 Å². The molecular weight excluding hydrogens is 174 g/mol. The van der Waals surface area contributed by atoms with E-state index in [1.165, 1.54) is 0 Å². The van der Waals surface area contributed by atoms with E-state index in [1.807, 2.05) is 0 Å². The molecule has 0 rings (SSSR count). The molecule has 80 valence electrons. The average molecular weight is 193 g/mol. The van der Waals surface area contributed by atoms with Crippen LogP contribution in [0.2, 0.25) is 0 Å². The fourth-order valence-electron chi connectivity index (χ4n) is 0.843. The lowest BCUT2D eigenvalue weighted by Gasteiger charge is -2.14. The van der Waals surface area contributed by atoms with Crippen molar-refractivity contribution in [3.8, 4) is 0 Å². The Morgan fingerprint density at radius 1 is 1.31 bits per heavy atom. The molecule has 0 amide bonds. The van der Waals surface area contributed by atoms with Crippen LogP contribution in [0.25, 0.3) is 0 Å². The summed E-state index contributed by atoms with van der Waals surface area (Å²) >= 11 is 0. The number of hydrogen-bond acceptors (Lipinski definition) is 5. The molecule has 0 saturated carbocycles. The summed E-state index contributed by atoms with van der Waals surface area (Å²) in [5, 5.41) is 20.5. The molecule has 0 aliphatic rings. The summed E-state index contributed by atoms with van der Waals surface area (Å²) in [6, 6.07) is 0. The summed E-state index contributed by atoms with van der Waals surface area (Å²) in [6.07, 6.45) is -0.376. The molecule has 3 N–H and O–H groups in total. The first-order valence-electron chi connectivity index (χ1n) is 4.29. The molecular formula is C8H19NO4. The molecule has 0 radical (unpaired) electrons. The number of hydrogen-bond donors (Lipinski definition) is 3. The van der Waals surface area contributed by atoms with Crippen molar-refractivity contribution >= 4 is 0 Å². The minimum absolute atomic E-state index is 0.195. The normalized spacial score (nSPS) is 13.6. The van der Waals surface area contributed by atoms with Crippen LogP contribution in [-0.2, 0) is 9.47 Å². The van der Waals surface area contributed by atoms with Crippen LogP contribution in [0.15, 0.2) is 0 Å². The quantitative estimate of drug-likeness (QED) is 0.338. The third kappa shape index (κ3) is 6.92. The molecule has 1 atom stereocenters. The molecule has 0 heterocycles. The van der Waals surface area contributed by atoms with Gasteiger partial charge in [0.05, 0.1) is 12.7 Å². The zero-order valence-corrected chi connectivity index (χ0v) is 8.19. The van der Waals surface area contributed by atoms with Gasteiger partial charge in [0.2, 0.25) is 0 Å². The van der Waals surface area contributed by atoms with E-state index < -0.39 is 6.10 Å². The standard InChI is InChI=1S/C8H19NO4/c1-12-8(13-2)5-9-4-3-7(11)6-10/h7-11H,3-6H2,1-2H3/t7-/m1/s1. The van der Waals surface area contributed by atoms with Crippen LogP contribution in [0.3, 0.4) is 0 Å². The molecule has 0 saturated heterocycles. The van der Waals surface area contributed by atoms with E-state index in [4.69, 9.17) is 19.7 Å². The second-order valence-electron chi connectivity index (χ2n) is 2.73. The van der Waals surface area contributed by atoms with E-state index in [-0.39, 0.29) is 12.9 Å². The molecule has 13 heavy (non-hydrogen) atoms. The maximum Gasteiger partial charge on any atom is 0.169 e. The van der Waals surface area contributed by atoms with Gasteiger partial charge in [0.1, 0.15) is 0 Å². The van der Waals surface area contributed by atoms with E-state index in [9.17, 15) is 0 Å². The summed E-state index contributed by atoms with van der Waals surface area (Å²) in [5.74, 6) is 0. The van der Waals surface area contributed by atoms with Crippen molar-refractivity contribution in [3.05, 3.63) is 0 Å². The summed E-state index contributed by atoms with van der Waals surface area (Å²) in [7, 11) is 3.14. The zero-order chi connectivity index (χ0) is 10.1. The molecule has 0 bridgehead atoms. The van der Waals surface area contributed by atoms with Crippen molar-refractivity contribution in [1.82, 2.24) is 5.32 Å². The third-order valence-electron chi connectivity index (χ3n) is 1.70. The topological polar surface area (TPSA) is 71.0 Å². The highest BCUT2D eigenvalue weighted by molar-refractivity contribution is 4.57. The Bertz CT molecular complexity index is 108. The SMILES string of the molecule is COC(CNCC[C@@H](O)CO)OC. The molecule has 0 spiro atoms. The lowest BCUT2D eigenvalue weighted by molar-refractivity contribution is -0.0988. The Labute approximate surface area is 78.7 Å². The lowest BCUT2D eigenvalue weighted by atomic mass is 10.3. The number of aliphatic hydroxyl groups is 2. The zero-order valence-electron chi connectivity index (χ0n) is 8.19. The third-order valence-corrected chi connectivity index (χ3v) is 1.70. The van der Waals surface area contributed by atoms with Gasteiger partial charge in [-0.3, -0.25) is 0 Å². The van der Waals surface area contributed by atoms with Crippen molar-refractivity contribution in [1.29, 1.82) is 0 Å². The first kappa shape index (κ1) is 12.8. The summed E-state index contributed by atoms with van der Waals surface area (Å²) in [5.41, 5.74) is 0. The van der Waals surface area contributed by atoms with Crippen LogP contribution in [-0.4, -0.2) is 56.5 Å². The summed E-state index contributed by atoms with van der Waals surface area (Å²) in [6.45, 7) is 1.01. The minimum Gasteiger partial charge on any atom is -0.394 e. The predicted molar refractivity (Wildman–Crippen MR) is 48.4 cm³/mol. The highest BCUT2D eigenvalue weighted by Gasteiger charge is 2.04.